The summed E-state index contributed by atoms with van der Waals surface area (Å²) >= 11 is 0. The second-order valence-corrected chi connectivity index (χ2v) is 9.59. The molecule has 0 saturated heterocycles. The Hall–Kier alpha value is -4.45. The largest absolute Gasteiger partial charge is 0.496 e. The molecular weight excluding hydrogens is 484 g/mol. The number of carbonyl (C=O) groups is 1. The van der Waals surface area contributed by atoms with Crippen LogP contribution in [0.25, 0.3) is 5.82 Å². The molecule has 0 unspecified atom stereocenters. The molecule has 12 heteroatoms. The van der Waals surface area contributed by atoms with Crippen molar-refractivity contribution in [1.29, 1.82) is 0 Å². The molecule has 0 bridgehead atoms. The number of sulfonamides is 1. The van der Waals surface area contributed by atoms with E-state index in [9.17, 15) is 13.2 Å². The minimum atomic E-state index is -3.99. The third-order valence-electron chi connectivity index (χ3n) is 5.10. The molecule has 0 saturated carbocycles. The fourth-order valence-corrected chi connectivity index (χ4v) is 4.60. The standard InChI is InChI=1S/C24H24N6O5S/c1-14-11-15(2)30(28-14)22-13-23(27-16(3)26-22)35-18-7-5-17(6-8-18)29-36(32,33)19-9-10-21(34-4)20(12-19)24(25)31/h5-13,29H,1-4H3,(H2,25,31). The number of ether oxygens (including phenoxy) is 2. The van der Waals surface area contributed by atoms with Crippen LogP contribution in [0.5, 0.6) is 17.4 Å². The Morgan fingerprint density at radius 3 is 2.33 bits per heavy atom. The summed E-state index contributed by atoms with van der Waals surface area (Å²) in [6.45, 7) is 5.58. The first-order valence-corrected chi connectivity index (χ1v) is 12.2. The first-order valence-electron chi connectivity index (χ1n) is 10.7. The predicted octanol–water partition coefficient (Wildman–Crippen LogP) is 3.29. The van der Waals surface area contributed by atoms with E-state index in [4.69, 9.17) is 15.2 Å². The van der Waals surface area contributed by atoms with Crippen LogP contribution in [0.4, 0.5) is 5.69 Å². The fraction of sp³-hybridized carbons (Fsp3) is 0.167. The molecule has 2 aromatic carbocycles. The van der Waals surface area contributed by atoms with Gasteiger partial charge in [0.2, 0.25) is 5.88 Å². The highest BCUT2D eigenvalue weighted by molar-refractivity contribution is 7.92. The Balaban J connectivity index is 1.53. The summed E-state index contributed by atoms with van der Waals surface area (Å²) in [5.41, 5.74) is 7.38. The van der Waals surface area contributed by atoms with E-state index >= 15 is 0 Å². The number of nitrogens with one attached hydrogen (secondary N) is 1. The average Bonchev–Trinajstić information content (AvgIpc) is 3.17. The maximum atomic E-state index is 12.8. The minimum Gasteiger partial charge on any atom is -0.496 e. The first-order chi connectivity index (χ1) is 17.1. The van der Waals surface area contributed by atoms with Crippen LogP contribution in [0.3, 0.4) is 0 Å². The highest BCUT2D eigenvalue weighted by atomic mass is 32.2. The van der Waals surface area contributed by atoms with E-state index in [1.165, 1.54) is 25.3 Å². The van der Waals surface area contributed by atoms with Crippen LogP contribution in [-0.4, -0.2) is 41.2 Å². The highest BCUT2D eigenvalue weighted by Gasteiger charge is 2.19. The molecule has 0 aliphatic rings. The summed E-state index contributed by atoms with van der Waals surface area (Å²) in [5.74, 6) is 1.22. The third kappa shape index (κ3) is 5.28. The SMILES string of the molecule is COc1ccc(S(=O)(=O)Nc2ccc(Oc3cc(-n4nc(C)cc4C)nc(C)n3)cc2)cc1C(N)=O. The van der Waals surface area contributed by atoms with Crippen LogP contribution in [0.2, 0.25) is 0 Å². The van der Waals surface area contributed by atoms with Crippen molar-refractivity contribution in [2.24, 2.45) is 5.73 Å². The van der Waals surface area contributed by atoms with Gasteiger partial charge in [-0.25, -0.2) is 18.1 Å². The van der Waals surface area contributed by atoms with Crippen LogP contribution >= 0.6 is 0 Å². The van der Waals surface area contributed by atoms with Gasteiger partial charge in [0, 0.05) is 17.4 Å². The Morgan fingerprint density at radius 2 is 1.72 bits per heavy atom. The molecule has 0 fully saturated rings. The van der Waals surface area contributed by atoms with Crippen molar-refractivity contribution in [3.8, 4) is 23.2 Å². The minimum absolute atomic E-state index is 0.0379. The molecule has 2 heterocycles. The number of amides is 1. The number of carbonyl (C=O) groups excluding carboxylic acids is 1. The molecule has 1 amide bonds. The number of nitrogens with zero attached hydrogens (tertiary/aromatic N) is 4. The number of benzene rings is 2. The Bertz CT molecular complexity index is 1550. The number of nitrogens with two attached hydrogens (primary N) is 1. The smallest absolute Gasteiger partial charge is 0.261 e. The number of anilines is 1. The molecular formula is C24H24N6O5S. The molecule has 0 spiro atoms. The topological polar surface area (TPSA) is 151 Å². The van der Waals surface area contributed by atoms with E-state index in [1.54, 1.807) is 41.9 Å². The number of primary amides is 1. The van der Waals surface area contributed by atoms with Gasteiger partial charge in [-0.15, -0.1) is 0 Å². The predicted molar refractivity (Wildman–Crippen MR) is 132 cm³/mol. The second-order valence-electron chi connectivity index (χ2n) is 7.91. The zero-order valence-corrected chi connectivity index (χ0v) is 20.8. The van der Waals surface area contributed by atoms with Gasteiger partial charge in [0.1, 0.15) is 17.3 Å². The molecule has 4 aromatic rings. The highest BCUT2D eigenvalue weighted by Crippen LogP contribution is 2.26. The van der Waals surface area contributed by atoms with Gasteiger partial charge in [-0.3, -0.25) is 9.52 Å². The monoisotopic (exact) mass is 508 g/mol. The molecule has 2 aromatic heterocycles. The molecule has 4 rings (SSSR count). The van der Waals surface area contributed by atoms with Crippen molar-refractivity contribution in [2.75, 3.05) is 11.8 Å². The number of aromatic nitrogens is 4. The molecule has 0 atom stereocenters. The van der Waals surface area contributed by atoms with Crippen LogP contribution in [0.15, 0.2) is 59.5 Å². The number of hydrogen-bond donors (Lipinski definition) is 2. The lowest BCUT2D eigenvalue weighted by molar-refractivity contribution is 0.0997. The van der Waals surface area contributed by atoms with E-state index in [2.05, 4.69) is 19.8 Å². The van der Waals surface area contributed by atoms with Gasteiger partial charge in [-0.05, 0) is 69.3 Å². The Morgan fingerprint density at radius 1 is 1.00 bits per heavy atom. The van der Waals surface area contributed by atoms with Crippen LogP contribution in [0, 0.1) is 20.8 Å². The zero-order chi connectivity index (χ0) is 26.0. The van der Waals surface area contributed by atoms with Gasteiger partial charge in [-0.1, -0.05) is 0 Å². The molecule has 186 valence electrons. The third-order valence-corrected chi connectivity index (χ3v) is 6.48. The molecule has 0 radical (unpaired) electrons. The molecule has 3 N–H and O–H groups in total. The van der Waals surface area contributed by atoms with Crippen molar-refractivity contribution in [1.82, 2.24) is 19.7 Å². The average molecular weight is 509 g/mol. The lowest BCUT2D eigenvalue weighted by atomic mass is 10.2. The zero-order valence-electron chi connectivity index (χ0n) is 20.0. The normalized spacial score (nSPS) is 11.2. The van der Waals surface area contributed by atoms with E-state index < -0.39 is 15.9 Å². The van der Waals surface area contributed by atoms with E-state index in [0.29, 0.717) is 29.0 Å². The van der Waals surface area contributed by atoms with E-state index in [-0.39, 0.29) is 16.2 Å². The van der Waals surface area contributed by atoms with Gasteiger partial charge < -0.3 is 15.2 Å². The number of aryl methyl sites for hydroxylation is 3. The quantitative estimate of drug-likeness (QED) is 0.368. The van der Waals surface area contributed by atoms with Crippen LogP contribution < -0.4 is 19.9 Å². The summed E-state index contributed by atoms with van der Waals surface area (Å²) in [7, 11) is -2.63. The number of rotatable bonds is 8. The summed E-state index contributed by atoms with van der Waals surface area (Å²) < 4.78 is 40.8. The lowest BCUT2D eigenvalue weighted by Gasteiger charge is -2.12. The molecule has 0 aliphatic carbocycles. The fourth-order valence-electron chi connectivity index (χ4n) is 3.52. The summed E-state index contributed by atoms with van der Waals surface area (Å²) in [6, 6.07) is 13.8. The summed E-state index contributed by atoms with van der Waals surface area (Å²) in [5, 5.41) is 4.44. The maximum absolute atomic E-state index is 12.8. The number of hydrogen-bond acceptors (Lipinski definition) is 8. The first kappa shape index (κ1) is 24.7. The number of methoxy groups -OCH3 is 1. The van der Waals surface area contributed by atoms with Crippen LogP contribution in [0.1, 0.15) is 27.6 Å². The van der Waals surface area contributed by atoms with E-state index in [0.717, 1.165) is 11.4 Å². The van der Waals surface area contributed by atoms with Crippen LogP contribution in [-0.2, 0) is 10.0 Å². The molecule has 0 aliphatic heterocycles. The lowest BCUT2D eigenvalue weighted by Crippen LogP contribution is -2.16. The Labute approximate surface area is 208 Å². The second kappa shape index (κ2) is 9.66. The Kier molecular flexibility index (Phi) is 6.62. The van der Waals surface area contributed by atoms with Crippen molar-refractivity contribution in [3.05, 3.63) is 77.4 Å². The molecule has 36 heavy (non-hydrogen) atoms. The van der Waals surface area contributed by atoms with Gasteiger partial charge >= 0.3 is 0 Å². The molecule has 11 nitrogen and oxygen atoms in total. The summed E-state index contributed by atoms with van der Waals surface area (Å²) in [4.78, 5) is 20.3. The maximum Gasteiger partial charge on any atom is 0.261 e. The van der Waals surface area contributed by atoms with Gasteiger partial charge in [0.05, 0.1) is 23.3 Å². The van der Waals surface area contributed by atoms with Crippen molar-refractivity contribution < 1.29 is 22.7 Å². The van der Waals surface area contributed by atoms with Crippen molar-refractivity contribution >= 4 is 21.6 Å². The summed E-state index contributed by atoms with van der Waals surface area (Å²) in [6.07, 6.45) is 0. The van der Waals surface area contributed by atoms with Gasteiger partial charge in [0.25, 0.3) is 15.9 Å². The van der Waals surface area contributed by atoms with Crippen molar-refractivity contribution in [2.45, 2.75) is 25.7 Å². The van der Waals surface area contributed by atoms with Gasteiger partial charge in [0.15, 0.2) is 5.82 Å². The van der Waals surface area contributed by atoms with Crippen molar-refractivity contribution in [3.63, 3.8) is 0 Å². The van der Waals surface area contributed by atoms with E-state index in [1.807, 2.05) is 19.9 Å². The van der Waals surface area contributed by atoms with Gasteiger partial charge in [-0.2, -0.15) is 10.1 Å².